The molecular formula is C24H25BrFNO3S2Si. The first-order valence-electron chi connectivity index (χ1n) is 10.2. The molecule has 9 heteroatoms. The Morgan fingerprint density at radius 3 is 2.06 bits per heavy atom. The van der Waals surface area contributed by atoms with E-state index in [4.69, 9.17) is 16.6 Å². The van der Waals surface area contributed by atoms with E-state index in [-0.39, 0.29) is 21.0 Å². The van der Waals surface area contributed by atoms with Crippen LogP contribution in [0.25, 0.3) is 0 Å². The molecule has 3 rings (SSSR count). The highest BCUT2D eigenvalue weighted by Gasteiger charge is 2.50. The normalized spacial score (nSPS) is 11.8. The van der Waals surface area contributed by atoms with E-state index in [1.807, 2.05) is 36.4 Å². The number of thiophene rings is 1. The Hall–Kier alpha value is -1.91. The first kappa shape index (κ1) is 25.7. The van der Waals surface area contributed by atoms with Gasteiger partial charge in [0.1, 0.15) is 9.99 Å². The summed E-state index contributed by atoms with van der Waals surface area (Å²) in [4.78, 5) is 12.1. The molecule has 0 radical (unpaired) electrons. The number of methoxy groups -OCH3 is 1. The van der Waals surface area contributed by atoms with E-state index in [1.54, 1.807) is 0 Å². The van der Waals surface area contributed by atoms with Crippen LogP contribution in [0.4, 0.5) is 9.39 Å². The molecule has 2 aromatic carbocycles. The molecule has 0 amide bonds. The maximum atomic E-state index is 14.4. The fraction of sp³-hybridized carbons (Fsp3) is 0.250. The van der Waals surface area contributed by atoms with Gasteiger partial charge in [-0.25, -0.2) is 9.18 Å². The maximum absolute atomic E-state index is 14.4. The molecule has 0 aliphatic rings. The van der Waals surface area contributed by atoms with Gasteiger partial charge < -0.3 is 14.5 Å². The Morgan fingerprint density at radius 1 is 1.09 bits per heavy atom. The van der Waals surface area contributed by atoms with Crippen molar-refractivity contribution in [1.82, 2.24) is 0 Å². The van der Waals surface area contributed by atoms with Crippen molar-refractivity contribution in [1.29, 1.82) is 0 Å². The molecule has 0 fully saturated rings. The van der Waals surface area contributed by atoms with Gasteiger partial charge in [-0.1, -0.05) is 93.7 Å². The number of carbonyl (C=O) groups is 1. The van der Waals surface area contributed by atoms with Crippen LogP contribution in [0.15, 0.2) is 65.1 Å². The summed E-state index contributed by atoms with van der Waals surface area (Å²) in [6, 6.07) is 20.5. The van der Waals surface area contributed by atoms with Gasteiger partial charge in [-0.15, -0.1) is 11.3 Å². The lowest BCUT2D eigenvalue weighted by Crippen LogP contribution is -2.67. The summed E-state index contributed by atoms with van der Waals surface area (Å²) in [6.07, 6.45) is 0. The van der Waals surface area contributed by atoms with Crippen molar-refractivity contribution in [3.05, 3.63) is 75.8 Å². The average molecular weight is 567 g/mol. The average Bonchev–Trinajstić information content (AvgIpc) is 3.08. The maximum Gasteiger partial charge on any atom is 0.351 e. The number of hydrogen-bond acceptors (Lipinski definition) is 5. The topological polar surface area (TPSA) is 47.6 Å². The number of halogens is 2. The first-order chi connectivity index (χ1) is 15.6. The summed E-state index contributed by atoms with van der Waals surface area (Å²) in [5, 5.41) is 5.51. The van der Waals surface area contributed by atoms with Crippen LogP contribution in [-0.2, 0) is 9.16 Å². The number of nitrogens with one attached hydrogen (secondary N) is 1. The minimum Gasteiger partial charge on any atom is -0.465 e. The molecule has 0 aliphatic carbocycles. The van der Waals surface area contributed by atoms with Crippen molar-refractivity contribution in [2.24, 2.45) is 0 Å². The number of thiocarbonyl (C=S) groups is 1. The third-order valence-electron chi connectivity index (χ3n) is 5.26. The molecule has 1 heterocycles. The zero-order valence-electron chi connectivity index (χ0n) is 18.8. The number of anilines is 1. The van der Waals surface area contributed by atoms with Crippen molar-refractivity contribution in [2.45, 2.75) is 25.8 Å². The lowest BCUT2D eigenvalue weighted by atomic mass is 10.2. The van der Waals surface area contributed by atoms with Crippen LogP contribution in [-0.4, -0.2) is 33.0 Å². The van der Waals surface area contributed by atoms with E-state index < -0.39 is 20.1 Å². The third-order valence-corrected chi connectivity index (χ3v) is 12.5. The molecular weight excluding hydrogens is 541 g/mol. The number of esters is 1. The highest BCUT2D eigenvalue weighted by atomic mass is 79.9. The summed E-state index contributed by atoms with van der Waals surface area (Å²) in [5.41, 5.74) is 0. The molecule has 0 saturated heterocycles. The van der Waals surface area contributed by atoms with E-state index in [0.29, 0.717) is 9.99 Å². The zero-order valence-corrected chi connectivity index (χ0v) is 23.0. The number of rotatable bonds is 7. The van der Waals surface area contributed by atoms with Crippen molar-refractivity contribution in [2.75, 3.05) is 19.0 Å². The van der Waals surface area contributed by atoms with E-state index >= 15 is 0 Å². The smallest absolute Gasteiger partial charge is 0.351 e. The van der Waals surface area contributed by atoms with Crippen LogP contribution < -0.4 is 15.7 Å². The van der Waals surface area contributed by atoms with Crippen molar-refractivity contribution < 1.29 is 18.3 Å². The second-order valence-corrected chi connectivity index (χ2v) is 15.0. The number of hydrogen-bond donors (Lipinski definition) is 1. The summed E-state index contributed by atoms with van der Waals surface area (Å²) in [7, 11) is -1.54. The van der Waals surface area contributed by atoms with Gasteiger partial charge in [0.05, 0.1) is 18.2 Å². The van der Waals surface area contributed by atoms with Gasteiger partial charge in [-0.2, -0.15) is 0 Å². The van der Waals surface area contributed by atoms with E-state index in [0.717, 1.165) is 21.7 Å². The van der Waals surface area contributed by atoms with Crippen molar-refractivity contribution in [3.8, 4) is 0 Å². The van der Waals surface area contributed by atoms with Gasteiger partial charge in [0.2, 0.25) is 0 Å². The molecule has 174 valence electrons. The van der Waals surface area contributed by atoms with E-state index in [1.165, 1.54) is 7.11 Å². The van der Waals surface area contributed by atoms with Gasteiger partial charge in [-0.3, -0.25) is 0 Å². The Bertz CT molecular complexity index is 1090. The molecule has 0 spiro atoms. The quantitative estimate of drug-likeness (QED) is 0.224. The minimum absolute atomic E-state index is 0.123. The fourth-order valence-corrected chi connectivity index (χ4v) is 10.2. The summed E-state index contributed by atoms with van der Waals surface area (Å²) in [5.74, 6) is -1.41. The minimum atomic E-state index is -2.76. The van der Waals surface area contributed by atoms with Crippen LogP contribution in [0.1, 0.15) is 30.4 Å². The van der Waals surface area contributed by atoms with Crippen LogP contribution in [0.5, 0.6) is 0 Å². The zero-order chi connectivity index (χ0) is 24.2. The molecule has 0 saturated carbocycles. The van der Waals surface area contributed by atoms with Crippen LogP contribution in [0.2, 0.25) is 5.04 Å². The highest BCUT2D eigenvalue weighted by molar-refractivity contribution is 9.10. The highest BCUT2D eigenvalue weighted by Crippen LogP contribution is 2.38. The van der Waals surface area contributed by atoms with Crippen LogP contribution >= 0.6 is 39.5 Å². The fourth-order valence-electron chi connectivity index (χ4n) is 3.79. The Morgan fingerprint density at radius 2 is 1.61 bits per heavy atom. The van der Waals surface area contributed by atoms with Crippen LogP contribution in [0.3, 0.4) is 0 Å². The van der Waals surface area contributed by atoms with Gasteiger partial charge >= 0.3 is 5.97 Å². The number of carbonyl (C=O) groups excluding carboxylic acids is 1. The summed E-state index contributed by atoms with van der Waals surface area (Å²) >= 11 is 9.70. The van der Waals surface area contributed by atoms with E-state index in [9.17, 15) is 9.18 Å². The van der Waals surface area contributed by atoms with Crippen molar-refractivity contribution >= 4 is 74.1 Å². The SMILES string of the molecule is COC(=O)c1sc(NC(=S)CO[Si](c2ccccc2)(c2ccccc2)C(C)(C)C)c(Br)c1F. The molecule has 0 bridgehead atoms. The van der Waals surface area contributed by atoms with Gasteiger partial charge in [0, 0.05) is 0 Å². The number of benzene rings is 2. The number of ether oxygens (including phenoxy) is 1. The Kier molecular flexibility index (Phi) is 8.23. The Labute approximate surface area is 212 Å². The van der Waals surface area contributed by atoms with Gasteiger partial charge in [0.15, 0.2) is 10.7 Å². The first-order valence-corrected chi connectivity index (χ1v) is 14.2. The summed E-state index contributed by atoms with van der Waals surface area (Å²) in [6.45, 7) is 6.69. The summed E-state index contributed by atoms with van der Waals surface area (Å²) < 4.78 is 26.0. The molecule has 1 aromatic heterocycles. The van der Waals surface area contributed by atoms with E-state index in [2.05, 4.69) is 71.0 Å². The third kappa shape index (κ3) is 5.27. The lowest BCUT2D eigenvalue weighted by molar-refractivity contribution is 0.0601. The second kappa shape index (κ2) is 10.6. The largest absolute Gasteiger partial charge is 0.465 e. The standard InChI is InChI=1S/C24H25BrFNO3S2Si/c1-24(2,3)33(16-11-7-5-8-12-16,17-13-9-6-10-14-17)30-15-18(31)27-22-19(25)20(26)21(32-22)23(28)29-4/h5-14H,15H2,1-4H3,(H,27,31). The predicted octanol–water partition coefficient (Wildman–Crippen LogP) is 5.75. The monoisotopic (exact) mass is 565 g/mol. The molecule has 3 aromatic rings. The molecule has 0 aliphatic heterocycles. The molecule has 33 heavy (non-hydrogen) atoms. The molecule has 1 N–H and O–H groups in total. The van der Waals surface area contributed by atoms with Crippen molar-refractivity contribution in [3.63, 3.8) is 0 Å². The second-order valence-electron chi connectivity index (χ2n) is 8.38. The molecule has 0 unspecified atom stereocenters. The molecule has 4 nitrogen and oxygen atoms in total. The molecule has 0 atom stereocenters. The van der Waals surface area contributed by atoms with Crippen LogP contribution in [0, 0.1) is 5.82 Å². The van der Waals surface area contributed by atoms with Gasteiger partial charge in [0.25, 0.3) is 8.32 Å². The lowest BCUT2D eigenvalue weighted by Gasteiger charge is -2.43. The van der Waals surface area contributed by atoms with Gasteiger partial charge in [-0.05, 0) is 31.3 Å². The Balaban J connectivity index is 1.93. The predicted molar refractivity (Wildman–Crippen MR) is 143 cm³/mol.